The molecule has 0 radical (unpaired) electrons. The average Bonchev–Trinajstić information content (AvgIpc) is 2.47. The minimum Gasteiger partial charge on any atom is -0.479 e. The number of fused-ring (bicyclic) bond motifs is 1. The zero-order valence-electron chi connectivity index (χ0n) is 13.3. The Kier molecular flexibility index (Phi) is 3.81. The van der Waals surface area contributed by atoms with E-state index < -0.39 is 6.10 Å². The number of anilines is 1. The minimum absolute atomic E-state index is 0.0235. The lowest BCUT2D eigenvalue weighted by molar-refractivity contribution is -0.122. The van der Waals surface area contributed by atoms with Gasteiger partial charge in [0, 0.05) is 17.6 Å². The maximum atomic E-state index is 12.8. The number of carbonyl (C=O) groups is 2. The molecule has 2 aliphatic heterocycles. The SMILES string of the molecule is CC1Oc2ccc(C(=O)N3C(C)CCCC3C)cc2NC1=O. The fraction of sp³-hybridized carbons (Fsp3) is 0.529. The van der Waals surface area contributed by atoms with E-state index in [4.69, 9.17) is 4.74 Å². The van der Waals surface area contributed by atoms with Crippen LogP contribution < -0.4 is 10.1 Å². The number of likely N-dealkylation sites (tertiary alicyclic amines) is 1. The summed E-state index contributed by atoms with van der Waals surface area (Å²) in [6.45, 7) is 5.89. The van der Waals surface area contributed by atoms with E-state index in [1.54, 1.807) is 25.1 Å². The Morgan fingerprint density at radius 3 is 2.59 bits per heavy atom. The molecule has 22 heavy (non-hydrogen) atoms. The van der Waals surface area contributed by atoms with Gasteiger partial charge < -0.3 is 15.0 Å². The Labute approximate surface area is 130 Å². The molecule has 3 unspecified atom stereocenters. The quantitative estimate of drug-likeness (QED) is 0.868. The van der Waals surface area contributed by atoms with E-state index >= 15 is 0 Å². The van der Waals surface area contributed by atoms with Gasteiger partial charge in [0.05, 0.1) is 5.69 Å². The number of ether oxygens (including phenoxy) is 1. The number of hydrogen-bond acceptors (Lipinski definition) is 3. The van der Waals surface area contributed by atoms with Crippen LogP contribution in [0.5, 0.6) is 5.75 Å². The van der Waals surface area contributed by atoms with Crippen molar-refractivity contribution >= 4 is 17.5 Å². The number of rotatable bonds is 1. The number of carbonyl (C=O) groups excluding carboxylic acids is 2. The van der Waals surface area contributed by atoms with Crippen molar-refractivity contribution in [1.82, 2.24) is 4.90 Å². The molecule has 2 aliphatic rings. The number of hydrogen-bond donors (Lipinski definition) is 1. The summed E-state index contributed by atoms with van der Waals surface area (Å²) in [6, 6.07) is 5.75. The maximum Gasteiger partial charge on any atom is 0.265 e. The van der Waals surface area contributed by atoms with Gasteiger partial charge in [-0.05, 0) is 58.2 Å². The molecule has 1 saturated heterocycles. The topological polar surface area (TPSA) is 58.6 Å². The second-order valence-electron chi connectivity index (χ2n) is 6.30. The molecule has 2 heterocycles. The molecule has 0 spiro atoms. The van der Waals surface area contributed by atoms with Crippen molar-refractivity contribution in [1.29, 1.82) is 0 Å². The van der Waals surface area contributed by atoms with Gasteiger partial charge in [0.2, 0.25) is 0 Å². The lowest BCUT2D eigenvalue weighted by atomic mass is 9.96. The van der Waals surface area contributed by atoms with Crippen LogP contribution in [0.15, 0.2) is 18.2 Å². The van der Waals surface area contributed by atoms with E-state index in [-0.39, 0.29) is 23.9 Å². The summed E-state index contributed by atoms with van der Waals surface area (Å²) in [5.74, 6) is 0.454. The first kappa shape index (κ1) is 14.9. The van der Waals surface area contributed by atoms with Gasteiger partial charge >= 0.3 is 0 Å². The smallest absolute Gasteiger partial charge is 0.265 e. The molecular formula is C17H22N2O3. The molecule has 118 valence electrons. The van der Waals surface area contributed by atoms with E-state index in [2.05, 4.69) is 19.2 Å². The molecule has 1 fully saturated rings. The molecule has 1 aromatic rings. The van der Waals surface area contributed by atoms with Gasteiger partial charge in [-0.15, -0.1) is 0 Å². The molecule has 5 heteroatoms. The molecule has 0 aromatic heterocycles. The summed E-state index contributed by atoms with van der Waals surface area (Å²) in [6.07, 6.45) is 2.74. The predicted octanol–water partition coefficient (Wildman–Crippen LogP) is 2.81. The van der Waals surface area contributed by atoms with Crippen LogP contribution in [0.1, 0.15) is 50.4 Å². The first-order chi connectivity index (χ1) is 10.5. The van der Waals surface area contributed by atoms with Crippen LogP contribution in [0.25, 0.3) is 0 Å². The Morgan fingerprint density at radius 2 is 1.91 bits per heavy atom. The van der Waals surface area contributed by atoms with Crippen molar-refractivity contribution in [3.8, 4) is 5.75 Å². The first-order valence-corrected chi connectivity index (χ1v) is 7.91. The van der Waals surface area contributed by atoms with Crippen molar-refractivity contribution in [2.24, 2.45) is 0 Å². The third-order valence-corrected chi connectivity index (χ3v) is 4.59. The number of amides is 2. The Hall–Kier alpha value is -2.04. The van der Waals surface area contributed by atoms with Crippen LogP contribution in [0.2, 0.25) is 0 Å². The Morgan fingerprint density at radius 1 is 1.23 bits per heavy atom. The molecule has 0 aliphatic carbocycles. The van der Waals surface area contributed by atoms with Crippen LogP contribution in [-0.4, -0.2) is 34.9 Å². The molecule has 0 bridgehead atoms. The van der Waals surface area contributed by atoms with E-state index in [1.165, 1.54) is 0 Å². The van der Waals surface area contributed by atoms with Gasteiger partial charge in [-0.3, -0.25) is 9.59 Å². The Balaban J connectivity index is 1.87. The van der Waals surface area contributed by atoms with E-state index in [0.29, 0.717) is 17.0 Å². The van der Waals surface area contributed by atoms with Gasteiger partial charge in [-0.25, -0.2) is 0 Å². The van der Waals surface area contributed by atoms with Gasteiger partial charge in [0.25, 0.3) is 11.8 Å². The highest BCUT2D eigenvalue weighted by molar-refractivity contribution is 6.01. The molecule has 5 nitrogen and oxygen atoms in total. The predicted molar refractivity (Wildman–Crippen MR) is 84.1 cm³/mol. The van der Waals surface area contributed by atoms with Crippen LogP contribution in [0.3, 0.4) is 0 Å². The van der Waals surface area contributed by atoms with E-state index in [0.717, 1.165) is 19.3 Å². The maximum absolute atomic E-state index is 12.8. The third-order valence-electron chi connectivity index (χ3n) is 4.59. The fourth-order valence-corrected chi connectivity index (χ4v) is 3.31. The lowest BCUT2D eigenvalue weighted by Crippen LogP contribution is -2.47. The van der Waals surface area contributed by atoms with Gasteiger partial charge in [-0.1, -0.05) is 0 Å². The zero-order valence-corrected chi connectivity index (χ0v) is 13.3. The number of piperidine rings is 1. The summed E-state index contributed by atoms with van der Waals surface area (Å²) in [5.41, 5.74) is 1.17. The number of nitrogens with one attached hydrogen (secondary N) is 1. The van der Waals surface area contributed by atoms with Crippen LogP contribution in [-0.2, 0) is 4.79 Å². The van der Waals surface area contributed by atoms with Gasteiger partial charge in [-0.2, -0.15) is 0 Å². The second kappa shape index (κ2) is 5.63. The van der Waals surface area contributed by atoms with E-state index in [9.17, 15) is 9.59 Å². The largest absolute Gasteiger partial charge is 0.479 e. The standard InChI is InChI=1S/C17H22N2O3/c1-10-5-4-6-11(2)19(10)17(21)13-7-8-15-14(9-13)18-16(20)12(3)22-15/h7-12H,4-6H2,1-3H3,(H,18,20). The van der Waals surface area contributed by atoms with Gasteiger partial charge in [0.15, 0.2) is 6.10 Å². The Bertz CT molecular complexity index is 604. The summed E-state index contributed by atoms with van der Waals surface area (Å²) < 4.78 is 5.53. The highest BCUT2D eigenvalue weighted by atomic mass is 16.5. The monoisotopic (exact) mass is 302 g/mol. The molecule has 2 amide bonds. The van der Waals surface area contributed by atoms with Crippen molar-refractivity contribution < 1.29 is 14.3 Å². The molecule has 3 rings (SSSR count). The van der Waals surface area contributed by atoms with Crippen molar-refractivity contribution in [3.05, 3.63) is 23.8 Å². The van der Waals surface area contributed by atoms with Gasteiger partial charge in [0.1, 0.15) is 5.75 Å². The van der Waals surface area contributed by atoms with Crippen LogP contribution in [0, 0.1) is 0 Å². The van der Waals surface area contributed by atoms with Crippen molar-refractivity contribution in [2.75, 3.05) is 5.32 Å². The average molecular weight is 302 g/mol. The summed E-state index contributed by atoms with van der Waals surface area (Å²) >= 11 is 0. The van der Waals surface area contributed by atoms with Crippen LogP contribution >= 0.6 is 0 Å². The molecule has 1 aromatic carbocycles. The molecular weight excluding hydrogens is 280 g/mol. The number of benzene rings is 1. The molecule has 0 saturated carbocycles. The summed E-state index contributed by atoms with van der Waals surface area (Å²) in [7, 11) is 0. The van der Waals surface area contributed by atoms with Crippen molar-refractivity contribution in [3.63, 3.8) is 0 Å². The highest BCUT2D eigenvalue weighted by Gasteiger charge is 2.31. The second-order valence-corrected chi connectivity index (χ2v) is 6.30. The van der Waals surface area contributed by atoms with Crippen LogP contribution in [0.4, 0.5) is 5.69 Å². The third kappa shape index (κ3) is 2.56. The summed E-state index contributed by atoms with van der Waals surface area (Å²) in [4.78, 5) is 26.5. The number of nitrogens with zero attached hydrogens (tertiary/aromatic N) is 1. The normalized spacial score (nSPS) is 27.7. The fourth-order valence-electron chi connectivity index (χ4n) is 3.31. The molecule has 3 atom stereocenters. The highest BCUT2D eigenvalue weighted by Crippen LogP contribution is 2.32. The van der Waals surface area contributed by atoms with Crippen molar-refractivity contribution in [2.45, 2.75) is 58.2 Å². The summed E-state index contributed by atoms with van der Waals surface area (Å²) in [5, 5.41) is 2.80. The minimum atomic E-state index is -0.504. The first-order valence-electron chi connectivity index (χ1n) is 7.91. The lowest BCUT2D eigenvalue weighted by Gasteiger charge is -2.39. The molecule has 1 N–H and O–H groups in total. The zero-order chi connectivity index (χ0) is 15.9. The van der Waals surface area contributed by atoms with E-state index in [1.807, 2.05) is 4.90 Å².